The van der Waals surface area contributed by atoms with Gasteiger partial charge in [-0.2, -0.15) is 0 Å². The molecule has 20 heavy (non-hydrogen) atoms. The zero-order chi connectivity index (χ0) is 14.7. The van der Waals surface area contributed by atoms with E-state index in [9.17, 15) is 0 Å². The van der Waals surface area contributed by atoms with Crippen LogP contribution in [0.1, 0.15) is 22.7 Å². The molecule has 0 aliphatic heterocycles. The molecule has 0 bridgehead atoms. The number of hydrazine groups is 1. The molecule has 1 atom stereocenters. The van der Waals surface area contributed by atoms with Crippen molar-refractivity contribution in [2.45, 2.75) is 13.0 Å². The standard InChI is InChI=1S/C15H16Cl2N2O/c1-9-7-11(16)4-5-12(9)15(19-18)10-3-6-13(17)14(8-10)20-2/h3-8,15,19H,18H2,1-2H3. The molecule has 2 rings (SSSR count). The van der Waals surface area contributed by atoms with Crippen molar-refractivity contribution in [3.05, 3.63) is 63.1 Å². The van der Waals surface area contributed by atoms with Gasteiger partial charge in [0.1, 0.15) is 5.75 Å². The summed E-state index contributed by atoms with van der Waals surface area (Å²) in [5.41, 5.74) is 5.92. The topological polar surface area (TPSA) is 47.3 Å². The first-order chi connectivity index (χ1) is 9.56. The Morgan fingerprint density at radius 2 is 1.90 bits per heavy atom. The summed E-state index contributed by atoms with van der Waals surface area (Å²) in [5.74, 6) is 6.34. The molecule has 1 unspecified atom stereocenters. The van der Waals surface area contributed by atoms with Gasteiger partial charge >= 0.3 is 0 Å². The number of benzene rings is 2. The lowest BCUT2D eigenvalue weighted by atomic mass is 9.95. The Morgan fingerprint density at radius 1 is 1.15 bits per heavy atom. The van der Waals surface area contributed by atoms with Crippen molar-refractivity contribution in [1.82, 2.24) is 5.43 Å². The molecule has 3 nitrogen and oxygen atoms in total. The fourth-order valence-electron chi connectivity index (χ4n) is 2.18. The van der Waals surface area contributed by atoms with Gasteiger partial charge in [0.2, 0.25) is 0 Å². The molecule has 0 aliphatic rings. The Bertz CT molecular complexity index is 617. The lowest BCUT2D eigenvalue weighted by molar-refractivity contribution is 0.414. The normalized spacial score (nSPS) is 12.2. The van der Waals surface area contributed by atoms with Crippen LogP contribution in [0.5, 0.6) is 5.75 Å². The zero-order valence-electron chi connectivity index (χ0n) is 11.3. The van der Waals surface area contributed by atoms with Gasteiger partial charge in [-0.1, -0.05) is 35.3 Å². The molecule has 0 heterocycles. The molecule has 106 valence electrons. The van der Waals surface area contributed by atoms with Gasteiger partial charge in [0, 0.05) is 5.02 Å². The summed E-state index contributed by atoms with van der Waals surface area (Å²) in [6, 6.07) is 11.2. The second kappa shape index (κ2) is 6.46. The van der Waals surface area contributed by atoms with Crippen LogP contribution in [0, 0.1) is 6.92 Å². The van der Waals surface area contributed by atoms with Crippen molar-refractivity contribution in [2.75, 3.05) is 7.11 Å². The molecule has 0 aromatic heterocycles. The second-order valence-electron chi connectivity index (χ2n) is 4.49. The minimum atomic E-state index is -0.154. The largest absolute Gasteiger partial charge is 0.495 e. The Kier molecular flexibility index (Phi) is 4.89. The highest BCUT2D eigenvalue weighted by Crippen LogP contribution is 2.31. The highest BCUT2D eigenvalue weighted by Gasteiger charge is 2.16. The van der Waals surface area contributed by atoms with E-state index in [2.05, 4.69) is 5.43 Å². The first kappa shape index (κ1) is 15.1. The molecule has 0 saturated carbocycles. The van der Waals surface area contributed by atoms with E-state index in [0.717, 1.165) is 16.7 Å². The highest BCUT2D eigenvalue weighted by molar-refractivity contribution is 6.32. The smallest absolute Gasteiger partial charge is 0.137 e. The maximum atomic E-state index is 6.05. The zero-order valence-corrected chi connectivity index (χ0v) is 12.8. The SMILES string of the molecule is COc1cc(C(NN)c2ccc(Cl)cc2C)ccc1Cl. The second-order valence-corrected chi connectivity index (χ2v) is 5.34. The van der Waals surface area contributed by atoms with E-state index in [1.54, 1.807) is 13.2 Å². The molecule has 2 aromatic carbocycles. The van der Waals surface area contributed by atoms with Crippen LogP contribution >= 0.6 is 23.2 Å². The molecule has 3 N–H and O–H groups in total. The average molecular weight is 311 g/mol. The third kappa shape index (κ3) is 3.07. The molecule has 5 heteroatoms. The summed E-state index contributed by atoms with van der Waals surface area (Å²) in [6.45, 7) is 2.00. The van der Waals surface area contributed by atoms with Crippen molar-refractivity contribution < 1.29 is 4.74 Å². The van der Waals surface area contributed by atoms with Crippen molar-refractivity contribution >= 4 is 23.2 Å². The molecular weight excluding hydrogens is 295 g/mol. The number of nitrogens with two attached hydrogens (primary N) is 1. The van der Waals surface area contributed by atoms with E-state index < -0.39 is 0 Å². The number of halogens is 2. The maximum absolute atomic E-state index is 6.05. The van der Waals surface area contributed by atoms with E-state index >= 15 is 0 Å². The van der Waals surface area contributed by atoms with Crippen LogP contribution in [-0.4, -0.2) is 7.11 Å². The monoisotopic (exact) mass is 310 g/mol. The fraction of sp³-hybridized carbons (Fsp3) is 0.200. The minimum Gasteiger partial charge on any atom is -0.495 e. The summed E-state index contributed by atoms with van der Waals surface area (Å²) in [5, 5.41) is 1.27. The van der Waals surface area contributed by atoms with Gasteiger partial charge in [-0.15, -0.1) is 0 Å². The first-order valence-corrected chi connectivity index (χ1v) is 6.88. The molecule has 0 amide bonds. The Hall–Kier alpha value is -1.26. The summed E-state index contributed by atoms with van der Waals surface area (Å²) >= 11 is 12.0. The van der Waals surface area contributed by atoms with Crippen LogP contribution < -0.4 is 16.0 Å². The van der Waals surface area contributed by atoms with Crippen LogP contribution in [0.2, 0.25) is 10.0 Å². The summed E-state index contributed by atoms with van der Waals surface area (Å²) < 4.78 is 5.24. The van der Waals surface area contributed by atoms with Crippen LogP contribution in [0.25, 0.3) is 0 Å². The summed E-state index contributed by atoms with van der Waals surface area (Å²) in [7, 11) is 1.59. The van der Waals surface area contributed by atoms with E-state index in [1.807, 2.05) is 37.3 Å². The number of nitrogens with one attached hydrogen (secondary N) is 1. The number of aryl methyl sites for hydroxylation is 1. The van der Waals surface area contributed by atoms with Gasteiger partial charge in [-0.3, -0.25) is 5.84 Å². The van der Waals surface area contributed by atoms with Crippen molar-refractivity contribution in [3.8, 4) is 5.75 Å². The predicted molar refractivity (Wildman–Crippen MR) is 83.4 cm³/mol. The van der Waals surface area contributed by atoms with Crippen LogP contribution in [0.15, 0.2) is 36.4 Å². The predicted octanol–water partition coefficient (Wildman–Crippen LogP) is 3.86. The Morgan fingerprint density at radius 3 is 2.50 bits per heavy atom. The van der Waals surface area contributed by atoms with Crippen molar-refractivity contribution in [3.63, 3.8) is 0 Å². The number of methoxy groups -OCH3 is 1. The number of ether oxygens (including phenoxy) is 1. The van der Waals surface area contributed by atoms with Gasteiger partial charge in [-0.05, 0) is 47.9 Å². The molecule has 0 radical (unpaired) electrons. The van der Waals surface area contributed by atoms with E-state index in [0.29, 0.717) is 15.8 Å². The van der Waals surface area contributed by atoms with Gasteiger partial charge in [0.05, 0.1) is 18.2 Å². The first-order valence-electron chi connectivity index (χ1n) is 6.12. The Balaban J connectivity index is 2.46. The van der Waals surface area contributed by atoms with E-state index in [-0.39, 0.29) is 6.04 Å². The summed E-state index contributed by atoms with van der Waals surface area (Å²) in [6.07, 6.45) is 0. The van der Waals surface area contributed by atoms with Crippen molar-refractivity contribution in [2.24, 2.45) is 5.84 Å². The molecular formula is C15H16Cl2N2O. The van der Waals surface area contributed by atoms with Crippen LogP contribution in [0.3, 0.4) is 0 Å². The van der Waals surface area contributed by atoms with Gasteiger partial charge in [-0.25, -0.2) is 5.43 Å². The van der Waals surface area contributed by atoms with E-state index in [1.165, 1.54) is 0 Å². The number of hydrogen-bond acceptors (Lipinski definition) is 3. The van der Waals surface area contributed by atoms with Gasteiger partial charge < -0.3 is 4.74 Å². The molecule has 2 aromatic rings. The third-order valence-corrected chi connectivity index (χ3v) is 3.77. The molecule has 0 aliphatic carbocycles. The molecule has 0 fully saturated rings. The van der Waals surface area contributed by atoms with E-state index in [4.69, 9.17) is 33.8 Å². The molecule has 0 spiro atoms. The fourth-order valence-corrected chi connectivity index (χ4v) is 2.61. The van der Waals surface area contributed by atoms with Crippen LogP contribution in [-0.2, 0) is 0 Å². The molecule has 0 saturated heterocycles. The Labute approximate surface area is 128 Å². The minimum absolute atomic E-state index is 0.154. The van der Waals surface area contributed by atoms with Crippen LogP contribution in [0.4, 0.5) is 0 Å². The lowest BCUT2D eigenvalue weighted by Gasteiger charge is -2.20. The lowest BCUT2D eigenvalue weighted by Crippen LogP contribution is -2.29. The van der Waals surface area contributed by atoms with Gasteiger partial charge in [0.15, 0.2) is 0 Å². The van der Waals surface area contributed by atoms with Crippen molar-refractivity contribution in [1.29, 1.82) is 0 Å². The average Bonchev–Trinajstić information content (AvgIpc) is 2.43. The summed E-state index contributed by atoms with van der Waals surface area (Å²) in [4.78, 5) is 0. The number of rotatable bonds is 4. The van der Waals surface area contributed by atoms with Gasteiger partial charge in [0.25, 0.3) is 0 Å². The maximum Gasteiger partial charge on any atom is 0.137 e. The third-order valence-electron chi connectivity index (χ3n) is 3.22. The quantitative estimate of drug-likeness (QED) is 0.666. The highest BCUT2D eigenvalue weighted by atomic mass is 35.5. The number of hydrogen-bond donors (Lipinski definition) is 2.